The van der Waals surface area contributed by atoms with Crippen LogP contribution in [0.1, 0.15) is 17.9 Å². The van der Waals surface area contributed by atoms with Crippen LogP contribution in [0.4, 0.5) is 4.79 Å². The van der Waals surface area contributed by atoms with Crippen molar-refractivity contribution in [2.24, 2.45) is 0 Å². The molecule has 1 aromatic heterocycles. The van der Waals surface area contributed by atoms with Gasteiger partial charge in [-0.15, -0.1) is 0 Å². The maximum Gasteiger partial charge on any atom is 0.315 e. The smallest absolute Gasteiger partial charge is 0.315 e. The molecule has 0 aliphatic carbocycles. The lowest BCUT2D eigenvalue weighted by atomic mass is 10.4. The Hall–Kier alpha value is -2.05. The molecule has 0 aliphatic heterocycles. The van der Waals surface area contributed by atoms with Gasteiger partial charge < -0.3 is 20.3 Å². The molecule has 0 atom stereocenters. The molecule has 0 aliphatic rings. The number of rotatable bonds is 5. The second-order valence-corrected chi connectivity index (χ2v) is 3.18. The standard InChI is InChI=1S/C9H13N3O4/c1-6-4-7(12-16-6)5-11-9(15)10-3-2-8(13)14/h4H,2-3,5H2,1H3,(H,13,14)(H2,10,11,15). The molecule has 7 nitrogen and oxygen atoms in total. The van der Waals surface area contributed by atoms with E-state index in [9.17, 15) is 9.59 Å². The van der Waals surface area contributed by atoms with Crippen molar-refractivity contribution in [3.05, 3.63) is 17.5 Å². The van der Waals surface area contributed by atoms with Crippen LogP contribution in [0, 0.1) is 6.92 Å². The molecule has 1 heterocycles. The van der Waals surface area contributed by atoms with E-state index in [0.717, 1.165) is 0 Å². The highest BCUT2D eigenvalue weighted by molar-refractivity contribution is 5.74. The average Bonchev–Trinajstić information content (AvgIpc) is 2.61. The first-order valence-electron chi connectivity index (χ1n) is 4.73. The Bertz CT molecular complexity index is 375. The molecule has 7 heteroatoms. The largest absolute Gasteiger partial charge is 0.481 e. The van der Waals surface area contributed by atoms with Crippen LogP contribution in [0.3, 0.4) is 0 Å². The number of carboxylic acid groups (broad SMARTS) is 1. The van der Waals surface area contributed by atoms with Crippen LogP contribution in [0.25, 0.3) is 0 Å². The lowest BCUT2D eigenvalue weighted by Crippen LogP contribution is -2.36. The van der Waals surface area contributed by atoms with Crippen molar-refractivity contribution in [1.82, 2.24) is 15.8 Å². The van der Waals surface area contributed by atoms with Crippen LogP contribution < -0.4 is 10.6 Å². The average molecular weight is 227 g/mol. The molecular formula is C9H13N3O4. The van der Waals surface area contributed by atoms with Gasteiger partial charge in [-0.3, -0.25) is 4.79 Å². The van der Waals surface area contributed by atoms with Gasteiger partial charge in [0.05, 0.1) is 13.0 Å². The van der Waals surface area contributed by atoms with E-state index >= 15 is 0 Å². The maximum atomic E-state index is 11.1. The van der Waals surface area contributed by atoms with Gasteiger partial charge in [0.1, 0.15) is 11.5 Å². The third kappa shape index (κ3) is 4.45. The number of hydrogen-bond acceptors (Lipinski definition) is 4. The Morgan fingerprint density at radius 3 is 2.81 bits per heavy atom. The second-order valence-electron chi connectivity index (χ2n) is 3.18. The molecule has 1 rings (SSSR count). The molecule has 0 fully saturated rings. The summed E-state index contributed by atoms with van der Waals surface area (Å²) in [5.74, 6) is -0.282. The van der Waals surface area contributed by atoms with Crippen LogP contribution in [-0.4, -0.2) is 28.8 Å². The first-order valence-corrected chi connectivity index (χ1v) is 4.73. The van der Waals surface area contributed by atoms with Crippen LogP contribution in [0.5, 0.6) is 0 Å². The molecule has 3 N–H and O–H groups in total. The summed E-state index contributed by atoms with van der Waals surface area (Å²) in [7, 11) is 0. The molecule has 16 heavy (non-hydrogen) atoms. The fourth-order valence-corrected chi connectivity index (χ4v) is 1.02. The third-order valence-corrected chi connectivity index (χ3v) is 1.73. The number of carbonyl (C=O) groups is 2. The minimum absolute atomic E-state index is 0.0962. The molecule has 0 bridgehead atoms. The van der Waals surface area contributed by atoms with Gasteiger partial charge in [-0.25, -0.2) is 4.79 Å². The highest BCUT2D eigenvalue weighted by Gasteiger charge is 2.04. The van der Waals surface area contributed by atoms with Crippen molar-refractivity contribution in [1.29, 1.82) is 0 Å². The number of nitrogens with one attached hydrogen (secondary N) is 2. The number of carbonyl (C=O) groups excluding carboxylic acids is 1. The van der Waals surface area contributed by atoms with E-state index in [1.54, 1.807) is 13.0 Å². The molecule has 0 spiro atoms. The Labute approximate surface area is 91.8 Å². The van der Waals surface area contributed by atoms with Gasteiger partial charge in [0, 0.05) is 12.6 Å². The van der Waals surface area contributed by atoms with E-state index < -0.39 is 12.0 Å². The predicted octanol–water partition coefficient (Wildman–Crippen LogP) is 0.257. The van der Waals surface area contributed by atoms with E-state index in [-0.39, 0.29) is 19.5 Å². The fourth-order valence-electron chi connectivity index (χ4n) is 1.02. The Morgan fingerprint density at radius 1 is 1.50 bits per heavy atom. The topological polar surface area (TPSA) is 104 Å². The summed E-state index contributed by atoms with van der Waals surface area (Å²) in [6, 6.07) is 1.28. The Kier molecular flexibility index (Phi) is 4.31. The Balaban J connectivity index is 2.17. The van der Waals surface area contributed by atoms with Crippen molar-refractivity contribution >= 4 is 12.0 Å². The number of amides is 2. The fraction of sp³-hybridized carbons (Fsp3) is 0.444. The van der Waals surface area contributed by atoms with Crippen LogP contribution in [0.2, 0.25) is 0 Å². The molecule has 2 amide bonds. The maximum absolute atomic E-state index is 11.1. The molecular weight excluding hydrogens is 214 g/mol. The summed E-state index contributed by atoms with van der Waals surface area (Å²) in [6.07, 6.45) is -0.101. The van der Waals surface area contributed by atoms with Crippen LogP contribution >= 0.6 is 0 Å². The van der Waals surface area contributed by atoms with E-state index in [1.165, 1.54) is 0 Å². The van der Waals surface area contributed by atoms with E-state index in [4.69, 9.17) is 9.63 Å². The van der Waals surface area contributed by atoms with Gasteiger partial charge in [0.2, 0.25) is 0 Å². The summed E-state index contributed by atoms with van der Waals surface area (Å²) < 4.78 is 4.81. The number of aryl methyl sites for hydroxylation is 1. The van der Waals surface area contributed by atoms with Crippen molar-refractivity contribution < 1.29 is 19.2 Å². The Morgan fingerprint density at radius 2 is 2.25 bits per heavy atom. The van der Waals surface area contributed by atoms with Crippen molar-refractivity contribution in [2.45, 2.75) is 19.9 Å². The van der Waals surface area contributed by atoms with Gasteiger partial charge in [-0.05, 0) is 6.92 Å². The predicted molar refractivity (Wildman–Crippen MR) is 53.7 cm³/mol. The number of nitrogens with zero attached hydrogens (tertiary/aromatic N) is 1. The number of urea groups is 1. The lowest BCUT2D eigenvalue weighted by molar-refractivity contribution is -0.136. The van der Waals surface area contributed by atoms with Crippen LogP contribution in [-0.2, 0) is 11.3 Å². The molecule has 0 radical (unpaired) electrons. The normalized spacial score (nSPS) is 9.81. The molecule has 0 saturated carbocycles. The monoisotopic (exact) mass is 227 g/mol. The first-order chi connectivity index (χ1) is 7.58. The minimum atomic E-state index is -0.951. The zero-order valence-corrected chi connectivity index (χ0v) is 8.82. The SMILES string of the molecule is Cc1cc(CNC(=O)NCCC(=O)O)no1. The third-order valence-electron chi connectivity index (χ3n) is 1.73. The van der Waals surface area contributed by atoms with E-state index in [0.29, 0.717) is 11.5 Å². The van der Waals surface area contributed by atoms with Crippen LogP contribution in [0.15, 0.2) is 10.6 Å². The number of carboxylic acids is 1. The van der Waals surface area contributed by atoms with Gasteiger partial charge in [-0.1, -0.05) is 5.16 Å². The van der Waals surface area contributed by atoms with Crippen molar-refractivity contribution in [3.8, 4) is 0 Å². The van der Waals surface area contributed by atoms with Gasteiger partial charge in [-0.2, -0.15) is 0 Å². The summed E-state index contributed by atoms with van der Waals surface area (Å²) in [4.78, 5) is 21.3. The van der Waals surface area contributed by atoms with E-state index in [2.05, 4.69) is 15.8 Å². The van der Waals surface area contributed by atoms with Gasteiger partial charge in [0.25, 0.3) is 0 Å². The summed E-state index contributed by atoms with van der Waals surface area (Å²) in [6.45, 7) is 2.10. The highest BCUT2D eigenvalue weighted by atomic mass is 16.5. The molecule has 88 valence electrons. The molecule has 0 aromatic carbocycles. The molecule has 1 aromatic rings. The lowest BCUT2D eigenvalue weighted by Gasteiger charge is -2.04. The summed E-state index contributed by atoms with van der Waals surface area (Å²) in [5.41, 5.74) is 0.617. The van der Waals surface area contributed by atoms with Gasteiger partial charge >= 0.3 is 12.0 Å². The van der Waals surface area contributed by atoms with Gasteiger partial charge in [0.15, 0.2) is 0 Å². The number of aromatic nitrogens is 1. The van der Waals surface area contributed by atoms with Crippen molar-refractivity contribution in [2.75, 3.05) is 6.54 Å². The van der Waals surface area contributed by atoms with E-state index in [1.807, 2.05) is 0 Å². The minimum Gasteiger partial charge on any atom is -0.481 e. The number of aliphatic carboxylic acids is 1. The summed E-state index contributed by atoms with van der Waals surface area (Å²) >= 11 is 0. The summed E-state index contributed by atoms with van der Waals surface area (Å²) in [5, 5.41) is 16.9. The highest BCUT2D eigenvalue weighted by Crippen LogP contribution is 2.00. The quantitative estimate of drug-likeness (QED) is 0.669. The molecule has 0 unspecified atom stereocenters. The first kappa shape index (κ1) is 12.0. The zero-order chi connectivity index (χ0) is 12.0. The second kappa shape index (κ2) is 5.74. The number of hydrogen-bond donors (Lipinski definition) is 3. The van der Waals surface area contributed by atoms with Crippen molar-refractivity contribution in [3.63, 3.8) is 0 Å². The molecule has 0 saturated heterocycles. The zero-order valence-electron chi connectivity index (χ0n) is 8.82.